The first-order chi connectivity index (χ1) is 13.1. The van der Waals surface area contributed by atoms with Gasteiger partial charge in [0.1, 0.15) is 11.5 Å². The second-order valence-electron chi connectivity index (χ2n) is 7.44. The lowest BCUT2D eigenvalue weighted by Gasteiger charge is -2.42. The fourth-order valence-corrected chi connectivity index (χ4v) is 3.91. The average Bonchev–Trinajstić information content (AvgIpc) is 2.72. The van der Waals surface area contributed by atoms with Gasteiger partial charge in [-0.05, 0) is 50.7 Å². The number of ether oxygens (including phenoxy) is 2. The van der Waals surface area contributed by atoms with Crippen LogP contribution >= 0.6 is 0 Å². The minimum Gasteiger partial charge on any atom is -0.497 e. The molecule has 0 atom stereocenters. The summed E-state index contributed by atoms with van der Waals surface area (Å²) < 4.78 is 10.6. The van der Waals surface area contributed by atoms with Gasteiger partial charge >= 0.3 is 6.03 Å². The summed E-state index contributed by atoms with van der Waals surface area (Å²) in [5, 5.41) is 3.02. The maximum absolute atomic E-state index is 12.5. The first-order valence-corrected chi connectivity index (χ1v) is 9.76. The van der Waals surface area contributed by atoms with Crippen molar-refractivity contribution >= 4 is 6.03 Å². The third-order valence-electron chi connectivity index (χ3n) is 5.66. The number of nitrogens with one attached hydrogen (secondary N) is 1. The average molecular weight is 377 g/mol. The summed E-state index contributed by atoms with van der Waals surface area (Å²) in [5.74, 6) is 1.45. The van der Waals surface area contributed by atoms with Gasteiger partial charge in [0.25, 0.3) is 0 Å². The number of rotatable bonds is 5. The SMILES string of the molecule is COc1cc(CNC(=O)N2CCN(C3CCN(C)CC3)CC2)cc(OC)c1. The Balaban J connectivity index is 1.46. The molecule has 3 rings (SSSR count). The van der Waals surface area contributed by atoms with Gasteiger partial charge in [-0.15, -0.1) is 0 Å². The highest BCUT2D eigenvalue weighted by atomic mass is 16.5. The molecule has 2 aliphatic heterocycles. The van der Waals surface area contributed by atoms with Gasteiger partial charge in [-0.1, -0.05) is 0 Å². The van der Waals surface area contributed by atoms with Crippen molar-refractivity contribution in [3.63, 3.8) is 0 Å². The minimum absolute atomic E-state index is 0.000172. The number of benzene rings is 1. The van der Waals surface area contributed by atoms with Crippen LogP contribution in [-0.4, -0.2) is 87.3 Å². The third kappa shape index (κ3) is 5.26. The maximum Gasteiger partial charge on any atom is 0.317 e. The van der Waals surface area contributed by atoms with Crippen LogP contribution in [0.15, 0.2) is 18.2 Å². The summed E-state index contributed by atoms with van der Waals surface area (Å²) in [6, 6.07) is 6.34. The van der Waals surface area contributed by atoms with E-state index in [0.717, 1.165) is 43.2 Å². The normalized spacial score (nSPS) is 19.7. The van der Waals surface area contributed by atoms with Crippen molar-refractivity contribution in [1.82, 2.24) is 20.0 Å². The maximum atomic E-state index is 12.5. The molecule has 2 amide bonds. The molecule has 7 nitrogen and oxygen atoms in total. The summed E-state index contributed by atoms with van der Waals surface area (Å²) in [6.45, 7) is 6.33. The Kier molecular flexibility index (Phi) is 6.79. The standard InChI is InChI=1S/C20H32N4O3/c1-22-6-4-17(5-7-22)23-8-10-24(11-9-23)20(25)21-15-16-12-18(26-2)14-19(13-16)27-3/h12-14,17H,4-11,15H2,1-3H3,(H,21,25). The number of nitrogens with zero attached hydrogens (tertiary/aromatic N) is 3. The molecule has 2 aliphatic rings. The van der Waals surface area contributed by atoms with Crippen molar-refractivity contribution in [2.75, 3.05) is 60.5 Å². The van der Waals surface area contributed by atoms with Crippen LogP contribution < -0.4 is 14.8 Å². The molecule has 0 saturated carbocycles. The van der Waals surface area contributed by atoms with E-state index in [9.17, 15) is 4.79 Å². The van der Waals surface area contributed by atoms with Crippen molar-refractivity contribution in [3.8, 4) is 11.5 Å². The Morgan fingerprint density at radius 2 is 1.59 bits per heavy atom. The molecule has 1 aromatic rings. The molecule has 0 radical (unpaired) electrons. The number of hydrogen-bond donors (Lipinski definition) is 1. The first-order valence-electron chi connectivity index (χ1n) is 9.76. The molecule has 0 unspecified atom stereocenters. The van der Waals surface area contributed by atoms with Crippen LogP contribution in [0.2, 0.25) is 0 Å². The number of carbonyl (C=O) groups excluding carboxylic acids is 1. The van der Waals surface area contributed by atoms with Gasteiger partial charge in [0.05, 0.1) is 14.2 Å². The summed E-state index contributed by atoms with van der Waals surface area (Å²) in [5.41, 5.74) is 0.963. The third-order valence-corrected chi connectivity index (χ3v) is 5.66. The number of piperazine rings is 1. The molecule has 0 bridgehead atoms. The Morgan fingerprint density at radius 1 is 1.00 bits per heavy atom. The molecular weight excluding hydrogens is 344 g/mol. The van der Waals surface area contributed by atoms with Crippen LogP contribution in [0.5, 0.6) is 11.5 Å². The van der Waals surface area contributed by atoms with E-state index in [1.54, 1.807) is 14.2 Å². The monoisotopic (exact) mass is 376 g/mol. The molecule has 7 heteroatoms. The van der Waals surface area contributed by atoms with Crippen LogP contribution in [0.4, 0.5) is 4.79 Å². The molecule has 2 saturated heterocycles. The second-order valence-corrected chi connectivity index (χ2v) is 7.44. The zero-order chi connectivity index (χ0) is 19.2. The van der Waals surface area contributed by atoms with Crippen LogP contribution in [0.1, 0.15) is 18.4 Å². The molecule has 1 N–H and O–H groups in total. The van der Waals surface area contributed by atoms with E-state index in [4.69, 9.17) is 9.47 Å². The summed E-state index contributed by atoms with van der Waals surface area (Å²) in [6.07, 6.45) is 2.47. The Bertz CT molecular complexity index is 601. The number of amides is 2. The van der Waals surface area contributed by atoms with E-state index in [1.807, 2.05) is 23.1 Å². The molecular formula is C20H32N4O3. The van der Waals surface area contributed by atoms with E-state index in [1.165, 1.54) is 25.9 Å². The Labute approximate surface area is 162 Å². The molecule has 27 heavy (non-hydrogen) atoms. The lowest BCUT2D eigenvalue weighted by Crippen LogP contribution is -2.55. The van der Waals surface area contributed by atoms with Crippen molar-refractivity contribution in [3.05, 3.63) is 23.8 Å². The van der Waals surface area contributed by atoms with Crippen molar-refractivity contribution in [1.29, 1.82) is 0 Å². The lowest BCUT2D eigenvalue weighted by atomic mass is 10.0. The van der Waals surface area contributed by atoms with Crippen LogP contribution in [0.25, 0.3) is 0 Å². The van der Waals surface area contributed by atoms with E-state index in [-0.39, 0.29) is 6.03 Å². The van der Waals surface area contributed by atoms with Crippen molar-refractivity contribution < 1.29 is 14.3 Å². The molecule has 2 heterocycles. The van der Waals surface area contributed by atoms with Gasteiger partial charge in [-0.2, -0.15) is 0 Å². The first kappa shape index (κ1) is 19.8. The summed E-state index contributed by atoms with van der Waals surface area (Å²) in [4.78, 5) is 19.4. The van der Waals surface area contributed by atoms with Gasteiger partial charge in [0.15, 0.2) is 0 Å². The smallest absolute Gasteiger partial charge is 0.317 e. The lowest BCUT2D eigenvalue weighted by molar-refractivity contribution is 0.0749. The number of piperidine rings is 1. The van der Waals surface area contributed by atoms with Gasteiger partial charge < -0.3 is 24.6 Å². The molecule has 0 spiro atoms. The van der Waals surface area contributed by atoms with Crippen molar-refractivity contribution in [2.45, 2.75) is 25.4 Å². The Morgan fingerprint density at radius 3 is 2.15 bits per heavy atom. The van der Waals surface area contributed by atoms with E-state index in [2.05, 4.69) is 22.2 Å². The number of likely N-dealkylation sites (tertiary alicyclic amines) is 1. The zero-order valence-corrected chi connectivity index (χ0v) is 16.7. The Hall–Kier alpha value is -1.99. The van der Waals surface area contributed by atoms with Crippen LogP contribution in [0, 0.1) is 0 Å². The van der Waals surface area contributed by atoms with Gasteiger partial charge in [-0.3, -0.25) is 4.90 Å². The largest absolute Gasteiger partial charge is 0.497 e. The van der Waals surface area contributed by atoms with Gasteiger partial charge in [-0.25, -0.2) is 4.79 Å². The van der Waals surface area contributed by atoms with Gasteiger partial charge in [0.2, 0.25) is 0 Å². The highest BCUT2D eigenvalue weighted by Gasteiger charge is 2.27. The molecule has 1 aromatic carbocycles. The molecule has 150 valence electrons. The molecule has 0 aromatic heterocycles. The highest BCUT2D eigenvalue weighted by molar-refractivity contribution is 5.74. The van der Waals surface area contributed by atoms with Crippen molar-refractivity contribution in [2.24, 2.45) is 0 Å². The zero-order valence-electron chi connectivity index (χ0n) is 16.7. The second kappa shape index (κ2) is 9.28. The predicted octanol–water partition coefficient (Wildman–Crippen LogP) is 1.63. The van der Waals surface area contributed by atoms with Crippen LogP contribution in [0.3, 0.4) is 0 Å². The van der Waals surface area contributed by atoms with Crippen LogP contribution in [-0.2, 0) is 6.54 Å². The number of carbonyl (C=O) groups is 1. The van der Waals surface area contributed by atoms with E-state index >= 15 is 0 Å². The molecule has 0 aliphatic carbocycles. The number of methoxy groups -OCH3 is 2. The fraction of sp³-hybridized carbons (Fsp3) is 0.650. The highest BCUT2D eigenvalue weighted by Crippen LogP contribution is 2.22. The van der Waals surface area contributed by atoms with E-state index in [0.29, 0.717) is 12.6 Å². The number of urea groups is 1. The quantitative estimate of drug-likeness (QED) is 0.846. The molecule has 2 fully saturated rings. The minimum atomic E-state index is -0.000172. The summed E-state index contributed by atoms with van der Waals surface area (Å²) >= 11 is 0. The number of hydrogen-bond acceptors (Lipinski definition) is 5. The van der Waals surface area contributed by atoms with Gasteiger partial charge in [0, 0.05) is 44.8 Å². The topological polar surface area (TPSA) is 57.3 Å². The predicted molar refractivity (Wildman–Crippen MR) is 105 cm³/mol. The summed E-state index contributed by atoms with van der Waals surface area (Å²) in [7, 11) is 5.44. The fourth-order valence-electron chi connectivity index (χ4n) is 3.91. The van der Waals surface area contributed by atoms with E-state index < -0.39 is 0 Å².